The van der Waals surface area contributed by atoms with Crippen molar-refractivity contribution in [3.05, 3.63) is 0 Å². The third kappa shape index (κ3) is 5.50. The van der Waals surface area contributed by atoms with Crippen LogP contribution in [0.1, 0.15) is 65.2 Å². The van der Waals surface area contributed by atoms with Gasteiger partial charge < -0.3 is 15.7 Å². The first-order valence-electron chi connectivity index (χ1n) is 8.77. The summed E-state index contributed by atoms with van der Waals surface area (Å²) in [5, 5.41) is 15.6. The topological polar surface area (TPSA) is 61.4 Å². The van der Waals surface area contributed by atoms with E-state index in [0.29, 0.717) is 5.92 Å². The summed E-state index contributed by atoms with van der Waals surface area (Å²) in [7, 11) is 0. The Hall–Kier alpha value is -0.770. The van der Waals surface area contributed by atoms with E-state index in [-0.39, 0.29) is 18.2 Å². The highest BCUT2D eigenvalue weighted by atomic mass is 16.3. The van der Waals surface area contributed by atoms with Gasteiger partial charge in [0.15, 0.2) is 0 Å². The van der Waals surface area contributed by atoms with E-state index in [1.165, 1.54) is 25.7 Å². The van der Waals surface area contributed by atoms with Gasteiger partial charge in [0.05, 0.1) is 6.10 Å². The molecule has 2 aliphatic rings. The maximum atomic E-state index is 11.9. The number of urea groups is 1. The fraction of sp³-hybridized carbons (Fsp3) is 0.941. The molecule has 4 heteroatoms. The van der Waals surface area contributed by atoms with Gasteiger partial charge in [-0.25, -0.2) is 4.79 Å². The number of aliphatic hydroxyl groups is 1. The van der Waals surface area contributed by atoms with Crippen LogP contribution >= 0.6 is 0 Å². The van der Waals surface area contributed by atoms with Crippen LogP contribution in [0.15, 0.2) is 0 Å². The van der Waals surface area contributed by atoms with Gasteiger partial charge >= 0.3 is 6.03 Å². The first kappa shape index (κ1) is 16.6. The molecule has 2 rings (SSSR count). The molecule has 0 saturated heterocycles. The summed E-state index contributed by atoms with van der Waals surface area (Å²) in [5.41, 5.74) is 0. The summed E-state index contributed by atoms with van der Waals surface area (Å²) in [6, 6.07) is 0.215. The van der Waals surface area contributed by atoms with Crippen molar-refractivity contribution in [2.24, 2.45) is 17.8 Å². The summed E-state index contributed by atoms with van der Waals surface area (Å²) in [4.78, 5) is 11.9. The molecule has 2 saturated carbocycles. The summed E-state index contributed by atoms with van der Waals surface area (Å²) in [6.07, 6.45) is 8.37. The molecule has 122 valence electrons. The highest BCUT2D eigenvalue weighted by molar-refractivity contribution is 5.74. The molecule has 2 aliphatic carbocycles. The van der Waals surface area contributed by atoms with Crippen LogP contribution in [-0.2, 0) is 0 Å². The molecule has 0 aromatic carbocycles. The number of aliphatic hydroxyl groups excluding tert-OH is 1. The van der Waals surface area contributed by atoms with Gasteiger partial charge in [-0.3, -0.25) is 0 Å². The number of rotatable bonds is 4. The quantitative estimate of drug-likeness (QED) is 0.746. The normalized spacial score (nSPS) is 33.7. The SMILES string of the molecule is CC(C)C1CCC(CNC(=O)NC2CCC(O)CC2)CC1. The number of amides is 2. The molecule has 3 N–H and O–H groups in total. The fourth-order valence-electron chi connectivity index (χ4n) is 3.75. The Morgan fingerprint density at radius 3 is 2.24 bits per heavy atom. The zero-order chi connectivity index (χ0) is 15.2. The van der Waals surface area contributed by atoms with Gasteiger partial charge in [0.25, 0.3) is 0 Å². The molecule has 0 bridgehead atoms. The van der Waals surface area contributed by atoms with E-state index in [0.717, 1.165) is 44.1 Å². The van der Waals surface area contributed by atoms with Crippen molar-refractivity contribution in [1.82, 2.24) is 10.6 Å². The van der Waals surface area contributed by atoms with E-state index in [1.807, 2.05) is 0 Å². The zero-order valence-corrected chi connectivity index (χ0v) is 13.6. The largest absolute Gasteiger partial charge is 0.393 e. The molecule has 0 aromatic rings. The molecule has 2 amide bonds. The number of carbonyl (C=O) groups is 1. The van der Waals surface area contributed by atoms with Gasteiger partial charge in [-0.15, -0.1) is 0 Å². The van der Waals surface area contributed by atoms with E-state index in [4.69, 9.17) is 0 Å². The van der Waals surface area contributed by atoms with Crippen molar-refractivity contribution < 1.29 is 9.90 Å². The molecule has 0 atom stereocenters. The predicted molar refractivity (Wildman–Crippen MR) is 85.1 cm³/mol. The van der Waals surface area contributed by atoms with Crippen molar-refractivity contribution >= 4 is 6.03 Å². The van der Waals surface area contributed by atoms with E-state index in [2.05, 4.69) is 24.5 Å². The van der Waals surface area contributed by atoms with Gasteiger partial charge in [0.2, 0.25) is 0 Å². The van der Waals surface area contributed by atoms with Crippen LogP contribution in [-0.4, -0.2) is 29.8 Å². The van der Waals surface area contributed by atoms with Crippen LogP contribution in [0.25, 0.3) is 0 Å². The second kappa shape index (κ2) is 8.02. The summed E-state index contributed by atoms with van der Waals surface area (Å²) >= 11 is 0. The Kier molecular flexibility index (Phi) is 6.34. The van der Waals surface area contributed by atoms with E-state index in [1.54, 1.807) is 0 Å². The molecule has 2 fully saturated rings. The third-order valence-electron chi connectivity index (χ3n) is 5.42. The minimum absolute atomic E-state index is 0.0256. The second-order valence-electron chi connectivity index (χ2n) is 7.38. The predicted octanol–water partition coefficient (Wildman–Crippen LogP) is 3.05. The van der Waals surface area contributed by atoms with Crippen molar-refractivity contribution in [2.75, 3.05) is 6.54 Å². The molecule has 21 heavy (non-hydrogen) atoms. The minimum atomic E-state index is -0.165. The number of nitrogens with one attached hydrogen (secondary N) is 2. The van der Waals surface area contributed by atoms with Crippen LogP contribution in [0.5, 0.6) is 0 Å². The Morgan fingerprint density at radius 2 is 1.67 bits per heavy atom. The Labute approximate surface area is 129 Å². The lowest BCUT2D eigenvalue weighted by Crippen LogP contribution is -2.45. The second-order valence-corrected chi connectivity index (χ2v) is 7.38. The van der Waals surface area contributed by atoms with Crippen LogP contribution in [0.2, 0.25) is 0 Å². The lowest BCUT2D eigenvalue weighted by molar-refractivity contribution is 0.117. The summed E-state index contributed by atoms with van der Waals surface area (Å²) in [5.74, 6) is 2.33. The lowest BCUT2D eigenvalue weighted by Gasteiger charge is -2.31. The Balaban J connectivity index is 1.59. The van der Waals surface area contributed by atoms with Gasteiger partial charge in [-0.05, 0) is 69.1 Å². The standard InChI is InChI=1S/C17H32N2O2/c1-12(2)14-5-3-13(4-6-14)11-18-17(21)19-15-7-9-16(20)10-8-15/h12-16,20H,3-11H2,1-2H3,(H2,18,19,21). The first-order chi connectivity index (χ1) is 10.0. The van der Waals surface area contributed by atoms with Crippen LogP contribution < -0.4 is 10.6 Å². The van der Waals surface area contributed by atoms with Crippen LogP contribution in [0.4, 0.5) is 4.79 Å². The van der Waals surface area contributed by atoms with Crippen molar-refractivity contribution in [1.29, 1.82) is 0 Å². The molecule has 0 radical (unpaired) electrons. The average molecular weight is 296 g/mol. The molecular formula is C17H32N2O2. The van der Waals surface area contributed by atoms with E-state index < -0.39 is 0 Å². The lowest BCUT2D eigenvalue weighted by atomic mass is 9.77. The number of carbonyl (C=O) groups excluding carboxylic acids is 1. The Morgan fingerprint density at radius 1 is 1.05 bits per heavy atom. The number of hydrogen-bond donors (Lipinski definition) is 3. The smallest absolute Gasteiger partial charge is 0.315 e. The third-order valence-corrected chi connectivity index (χ3v) is 5.42. The fourth-order valence-corrected chi connectivity index (χ4v) is 3.75. The van der Waals surface area contributed by atoms with Gasteiger partial charge in [0.1, 0.15) is 0 Å². The maximum Gasteiger partial charge on any atom is 0.315 e. The van der Waals surface area contributed by atoms with Gasteiger partial charge in [-0.1, -0.05) is 13.8 Å². The molecular weight excluding hydrogens is 264 g/mol. The van der Waals surface area contributed by atoms with E-state index in [9.17, 15) is 9.90 Å². The molecule has 0 spiro atoms. The highest BCUT2D eigenvalue weighted by Gasteiger charge is 2.24. The zero-order valence-electron chi connectivity index (χ0n) is 13.6. The average Bonchev–Trinajstić information content (AvgIpc) is 2.48. The van der Waals surface area contributed by atoms with Crippen molar-refractivity contribution in [2.45, 2.75) is 77.4 Å². The Bertz CT molecular complexity index is 317. The molecule has 4 nitrogen and oxygen atoms in total. The molecule has 0 aromatic heterocycles. The van der Waals surface area contributed by atoms with Crippen LogP contribution in [0.3, 0.4) is 0 Å². The van der Waals surface area contributed by atoms with Gasteiger partial charge in [-0.2, -0.15) is 0 Å². The number of hydrogen-bond acceptors (Lipinski definition) is 2. The maximum absolute atomic E-state index is 11.9. The molecule has 0 unspecified atom stereocenters. The molecule has 0 heterocycles. The van der Waals surface area contributed by atoms with Gasteiger partial charge in [0, 0.05) is 12.6 Å². The van der Waals surface area contributed by atoms with Crippen molar-refractivity contribution in [3.8, 4) is 0 Å². The summed E-state index contributed by atoms with van der Waals surface area (Å²) < 4.78 is 0. The monoisotopic (exact) mass is 296 g/mol. The van der Waals surface area contributed by atoms with E-state index >= 15 is 0 Å². The first-order valence-corrected chi connectivity index (χ1v) is 8.77. The minimum Gasteiger partial charge on any atom is -0.393 e. The van der Waals surface area contributed by atoms with Crippen molar-refractivity contribution in [3.63, 3.8) is 0 Å². The van der Waals surface area contributed by atoms with Crippen LogP contribution in [0, 0.1) is 17.8 Å². The highest BCUT2D eigenvalue weighted by Crippen LogP contribution is 2.32. The summed E-state index contributed by atoms with van der Waals surface area (Å²) in [6.45, 7) is 5.45. The molecule has 0 aliphatic heterocycles.